The van der Waals surface area contributed by atoms with E-state index in [1.165, 1.54) is 6.92 Å². The lowest BCUT2D eigenvalue weighted by atomic mass is 10.1. The van der Waals surface area contributed by atoms with Crippen LogP contribution in [-0.2, 0) is 4.79 Å². The third-order valence-electron chi connectivity index (χ3n) is 2.15. The Kier molecular flexibility index (Phi) is 7.19. The van der Waals surface area contributed by atoms with Crippen LogP contribution >= 0.6 is 0 Å². The van der Waals surface area contributed by atoms with Gasteiger partial charge in [-0.1, -0.05) is 0 Å². The van der Waals surface area contributed by atoms with E-state index in [4.69, 9.17) is 26.8 Å². The maximum Gasteiger partial charge on any atom is 0.320 e. The summed E-state index contributed by atoms with van der Waals surface area (Å²) in [6.45, 7) is 1.82. The highest BCUT2D eigenvalue weighted by Crippen LogP contribution is 2.01. The molecule has 0 heterocycles. The maximum atomic E-state index is 10.9. The smallest absolute Gasteiger partial charge is 0.320 e. The van der Waals surface area contributed by atoms with Crippen LogP contribution in [0, 0.1) is 0 Å². The number of rotatable bonds is 8. The summed E-state index contributed by atoms with van der Waals surface area (Å²) in [5.41, 5.74) is 10.2. The minimum absolute atomic E-state index is 0.0380. The Morgan fingerprint density at radius 2 is 2.00 bits per heavy atom. The number of aliphatic hydroxyl groups is 2. The van der Waals surface area contributed by atoms with Crippen molar-refractivity contribution < 1.29 is 20.1 Å². The molecule has 0 saturated heterocycles. The molecule has 0 aromatic rings. The molecule has 0 bridgehead atoms. The van der Waals surface area contributed by atoms with E-state index in [0.29, 0.717) is 19.4 Å². The van der Waals surface area contributed by atoms with Crippen molar-refractivity contribution in [1.82, 2.24) is 5.32 Å². The van der Waals surface area contributed by atoms with Crippen LogP contribution in [0.5, 0.6) is 0 Å². The fraction of sp³-hybridized carbons (Fsp3) is 0.778. The van der Waals surface area contributed by atoms with Crippen molar-refractivity contribution in [2.75, 3.05) is 6.54 Å². The molecule has 0 aliphatic carbocycles. The Morgan fingerprint density at radius 1 is 1.41 bits per heavy atom. The van der Waals surface area contributed by atoms with Gasteiger partial charge >= 0.3 is 5.97 Å². The summed E-state index contributed by atoms with van der Waals surface area (Å²) < 4.78 is 0. The Hall–Kier alpha value is -1.38. The first kappa shape index (κ1) is 15.6. The highest BCUT2D eigenvalue weighted by atomic mass is 16.5. The van der Waals surface area contributed by atoms with Gasteiger partial charge < -0.3 is 26.8 Å². The van der Waals surface area contributed by atoms with Crippen LogP contribution in [0.25, 0.3) is 0 Å². The topological polar surface area (TPSA) is 154 Å². The molecule has 0 aromatic carbocycles. The minimum Gasteiger partial charge on any atom is -0.480 e. The summed E-state index contributed by atoms with van der Waals surface area (Å²) in [6, 6.07) is -1.58. The number of nitrogens with one attached hydrogen (secondary N) is 1. The molecule has 8 N–H and O–H groups in total. The SMILES string of the molecule is C[C@@H](N[C@@H](CCCN=C(N)N)C(=O)O)C(O)O. The Labute approximate surface area is 99.3 Å². The Bertz CT molecular complexity index is 266. The molecule has 0 radical (unpaired) electrons. The van der Waals surface area contributed by atoms with Gasteiger partial charge in [0.1, 0.15) is 6.04 Å². The van der Waals surface area contributed by atoms with Gasteiger partial charge in [-0.2, -0.15) is 0 Å². The Balaban J connectivity index is 4.08. The van der Waals surface area contributed by atoms with Gasteiger partial charge in [-0.3, -0.25) is 15.1 Å². The van der Waals surface area contributed by atoms with E-state index in [2.05, 4.69) is 10.3 Å². The molecule has 0 unspecified atom stereocenters. The van der Waals surface area contributed by atoms with Crippen LogP contribution in [0.15, 0.2) is 4.99 Å². The number of hydrogen-bond acceptors (Lipinski definition) is 5. The number of aliphatic imine (C=N–C) groups is 1. The highest BCUT2D eigenvalue weighted by Gasteiger charge is 2.21. The van der Waals surface area contributed by atoms with Crippen molar-refractivity contribution >= 4 is 11.9 Å². The molecule has 0 amide bonds. The molecule has 2 atom stereocenters. The summed E-state index contributed by atoms with van der Waals surface area (Å²) in [4.78, 5) is 14.6. The van der Waals surface area contributed by atoms with E-state index in [9.17, 15) is 4.79 Å². The second-order valence-electron chi connectivity index (χ2n) is 3.71. The van der Waals surface area contributed by atoms with Gasteiger partial charge in [0.05, 0.1) is 6.04 Å². The fourth-order valence-corrected chi connectivity index (χ4v) is 1.19. The predicted molar refractivity (Wildman–Crippen MR) is 62.2 cm³/mol. The van der Waals surface area contributed by atoms with E-state index < -0.39 is 24.3 Å². The molecule has 17 heavy (non-hydrogen) atoms. The van der Waals surface area contributed by atoms with Crippen molar-refractivity contribution in [2.24, 2.45) is 16.5 Å². The summed E-state index contributed by atoms with van der Waals surface area (Å²) >= 11 is 0. The number of guanidine groups is 1. The lowest BCUT2D eigenvalue weighted by Crippen LogP contribution is -2.47. The van der Waals surface area contributed by atoms with E-state index in [1.807, 2.05) is 0 Å². The van der Waals surface area contributed by atoms with Gasteiger partial charge in [0.25, 0.3) is 0 Å². The Morgan fingerprint density at radius 3 is 2.41 bits per heavy atom. The van der Waals surface area contributed by atoms with Gasteiger partial charge in [-0.25, -0.2) is 0 Å². The third kappa shape index (κ3) is 7.50. The quantitative estimate of drug-likeness (QED) is 0.123. The molecular formula is C9H20N4O4. The van der Waals surface area contributed by atoms with E-state index in [1.54, 1.807) is 0 Å². The zero-order valence-electron chi connectivity index (χ0n) is 9.71. The molecule has 8 nitrogen and oxygen atoms in total. The van der Waals surface area contributed by atoms with E-state index >= 15 is 0 Å². The van der Waals surface area contributed by atoms with Crippen molar-refractivity contribution in [3.8, 4) is 0 Å². The number of aliphatic carboxylic acids is 1. The summed E-state index contributed by atoms with van der Waals surface area (Å²) in [7, 11) is 0. The largest absolute Gasteiger partial charge is 0.480 e. The van der Waals surface area contributed by atoms with Crippen molar-refractivity contribution in [3.63, 3.8) is 0 Å². The zero-order valence-corrected chi connectivity index (χ0v) is 9.71. The van der Waals surface area contributed by atoms with Crippen LogP contribution in [0.3, 0.4) is 0 Å². The lowest BCUT2D eigenvalue weighted by molar-refractivity contribution is -0.141. The third-order valence-corrected chi connectivity index (χ3v) is 2.15. The van der Waals surface area contributed by atoms with Gasteiger partial charge in [-0.15, -0.1) is 0 Å². The zero-order chi connectivity index (χ0) is 13.4. The first-order chi connectivity index (χ1) is 7.84. The average molecular weight is 248 g/mol. The second kappa shape index (κ2) is 7.82. The lowest BCUT2D eigenvalue weighted by Gasteiger charge is -2.21. The molecule has 0 spiro atoms. The first-order valence-corrected chi connectivity index (χ1v) is 5.25. The molecule has 0 saturated carbocycles. The van der Waals surface area contributed by atoms with Crippen LogP contribution in [-0.4, -0.2) is 52.2 Å². The van der Waals surface area contributed by atoms with Crippen molar-refractivity contribution in [2.45, 2.75) is 38.1 Å². The van der Waals surface area contributed by atoms with Crippen molar-refractivity contribution in [3.05, 3.63) is 0 Å². The molecule has 0 rings (SSSR count). The summed E-state index contributed by atoms with van der Waals surface area (Å²) in [5, 5.41) is 29.2. The van der Waals surface area contributed by atoms with Crippen LogP contribution in [0.1, 0.15) is 19.8 Å². The molecule has 0 aliphatic rings. The molecule has 0 fully saturated rings. The fourth-order valence-electron chi connectivity index (χ4n) is 1.19. The monoisotopic (exact) mass is 248 g/mol. The van der Waals surface area contributed by atoms with Gasteiger partial charge in [0.15, 0.2) is 12.2 Å². The van der Waals surface area contributed by atoms with Crippen LogP contribution in [0.4, 0.5) is 0 Å². The molecule has 100 valence electrons. The summed E-state index contributed by atoms with van der Waals surface area (Å²) in [5.74, 6) is -1.09. The highest BCUT2D eigenvalue weighted by molar-refractivity contribution is 5.75. The number of carbonyl (C=O) groups is 1. The normalized spacial score (nSPS) is 14.4. The van der Waals surface area contributed by atoms with E-state index in [0.717, 1.165) is 0 Å². The van der Waals surface area contributed by atoms with Crippen LogP contribution < -0.4 is 16.8 Å². The molecule has 0 aromatic heterocycles. The van der Waals surface area contributed by atoms with Crippen LogP contribution in [0.2, 0.25) is 0 Å². The predicted octanol–water partition coefficient (Wildman–Crippen LogP) is -2.22. The number of carboxylic acids is 1. The van der Waals surface area contributed by atoms with Crippen molar-refractivity contribution in [1.29, 1.82) is 0 Å². The molecular weight excluding hydrogens is 228 g/mol. The number of nitrogens with two attached hydrogens (primary N) is 2. The molecule has 8 heteroatoms. The average Bonchev–Trinajstić information content (AvgIpc) is 2.21. The number of aliphatic hydroxyl groups excluding tert-OH is 1. The second-order valence-corrected chi connectivity index (χ2v) is 3.71. The number of nitrogens with zero attached hydrogens (tertiary/aromatic N) is 1. The van der Waals surface area contributed by atoms with Gasteiger partial charge in [0.2, 0.25) is 0 Å². The summed E-state index contributed by atoms with van der Waals surface area (Å²) in [6.07, 6.45) is -0.825. The number of carboxylic acid groups (broad SMARTS) is 1. The van der Waals surface area contributed by atoms with Gasteiger partial charge in [-0.05, 0) is 19.8 Å². The minimum atomic E-state index is -1.60. The van der Waals surface area contributed by atoms with Gasteiger partial charge in [0, 0.05) is 6.54 Å². The number of hydrogen-bond donors (Lipinski definition) is 6. The first-order valence-electron chi connectivity index (χ1n) is 5.25. The van der Waals surface area contributed by atoms with E-state index in [-0.39, 0.29) is 5.96 Å². The molecule has 0 aliphatic heterocycles. The standard InChI is InChI=1S/C9H20N4O4/c1-5(7(14)15)13-6(8(16)17)3-2-4-12-9(10)11/h5-7,13-15H,2-4H2,1H3,(H,16,17)(H4,10,11,12)/t5-,6+/m1/s1. The maximum absolute atomic E-state index is 10.9.